The van der Waals surface area contributed by atoms with Gasteiger partial charge in [-0.15, -0.1) is 0 Å². The summed E-state index contributed by atoms with van der Waals surface area (Å²) in [4.78, 5) is 16.5. The quantitative estimate of drug-likeness (QED) is 0.719. The van der Waals surface area contributed by atoms with Gasteiger partial charge in [0, 0.05) is 37.7 Å². The number of benzene rings is 2. The van der Waals surface area contributed by atoms with E-state index < -0.39 is 17.6 Å². The zero-order chi connectivity index (χ0) is 21.0. The summed E-state index contributed by atoms with van der Waals surface area (Å²) in [7, 11) is 0. The van der Waals surface area contributed by atoms with Crippen molar-refractivity contribution in [1.29, 1.82) is 0 Å². The van der Waals surface area contributed by atoms with Gasteiger partial charge in [0.05, 0.1) is 22.8 Å². The average molecular weight is 446 g/mol. The molecule has 3 rings (SSSR count). The van der Waals surface area contributed by atoms with Crippen LogP contribution >= 0.6 is 23.2 Å². The van der Waals surface area contributed by atoms with E-state index in [0.29, 0.717) is 13.1 Å². The Balaban J connectivity index is 1.51. The minimum absolute atomic E-state index is 0.0381. The van der Waals surface area contributed by atoms with Gasteiger partial charge in [-0.1, -0.05) is 41.4 Å². The molecule has 1 amide bonds. The molecule has 1 aliphatic rings. The molecule has 0 radical (unpaired) electrons. The summed E-state index contributed by atoms with van der Waals surface area (Å²) in [5.41, 5.74) is 0.161. The molecular formula is C20H20Cl2F3N3O. The minimum atomic E-state index is -4.50. The van der Waals surface area contributed by atoms with Gasteiger partial charge in [0.15, 0.2) is 0 Å². The Bertz CT molecular complexity index is 868. The lowest BCUT2D eigenvalue weighted by Gasteiger charge is -2.34. The van der Waals surface area contributed by atoms with Crippen LogP contribution in [0.25, 0.3) is 0 Å². The van der Waals surface area contributed by atoms with Crippen LogP contribution in [0.1, 0.15) is 11.1 Å². The molecule has 1 saturated heterocycles. The number of piperazine rings is 1. The average Bonchev–Trinajstić information content (AvgIpc) is 2.66. The maximum absolute atomic E-state index is 12.9. The second-order valence-electron chi connectivity index (χ2n) is 6.88. The maximum atomic E-state index is 12.9. The van der Waals surface area contributed by atoms with Gasteiger partial charge in [0.25, 0.3) is 0 Å². The third-order valence-electron chi connectivity index (χ3n) is 4.75. The molecule has 2 aromatic rings. The van der Waals surface area contributed by atoms with Gasteiger partial charge in [-0.3, -0.25) is 14.6 Å². The molecule has 0 spiro atoms. The predicted octanol–water partition coefficient (Wildman–Crippen LogP) is 4.77. The monoisotopic (exact) mass is 445 g/mol. The van der Waals surface area contributed by atoms with Crippen LogP contribution in [0.15, 0.2) is 42.5 Å². The van der Waals surface area contributed by atoms with Crippen molar-refractivity contribution in [2.45, 2.75) is 12.7 Å². The Morgan fingerprint density at radius 2 is 1.62 bits per heavy atom. The summed E-state index contributed by atoms with van der Waals surface area (Å²) < 4.78 is 38.6. The zero-order valence-corrected chi connectivity index (χ0v) is 17.0. The molecule has 1 fully saturated rings. The molecule has 29 heavy (non-hydrogen) atoms. The number of carbonyl (C=O) groups is 1. The van der Waals surface area contributed by atoms with Crippen molar-refractivity contribution in [3.63, 3.8) is 0 Å². The smallest absolute Gasteiger partial charge is 0.324 e. The van der Waals surface area contributed by atoms with Gasteiger partial charge in [-0.25, -0.2) is 0 Å². The number of hydrogen-bond donors (Lipinski definition) is 1. The van der Waals surface area contributed by atoms with E-state index in [9.17, 15) is 18.0 Å². The number of carbonyl (C=O) groups excluding carboxylic acids is 1. The molecule has 1 heterocycles. The molecule has 0 saturated carbocycles. The first-order valence-electron chi connectivity index (χ1n) is 9.07. The second kappa shape index (κ2) is 9.34. The minimum Gasteiger partial charge on any atom is -0.324 e. The summed E-state index contributed by atoms with van der Waals surface area (Å²) in [6, 6.07) is 10.5. The number of alkyl halides is 3. The van der Waals surface area contributed by atoms with E-state index in [1.54, 1.807) is 0 Å². The van der Waals surface area contributed by atoms with Gasteiger partial charge in [0.2, 0.25) is 5.91 Å². The molecular weight excluding hydrogens is 426 g/mol. The number of halogens is 5. The first-order valence-corrected chi connectivity index (χ1v) is 9.82. The first-order chi connectivity index (χ1) is 13.7. The molecule has 4 nitrogen and oxygen atoms in total. The van der Waals surface area contributed by atoms with Crippen molar-refractivity contribution in [3.8, 4) is 0 Å². The number of amides is 1. The largest absolute Gasteiger partial charge is 0.416 e. The summed E-state index contributed by atoms with van der Waals surface area (Å²) in [5.74, 6) is -0.397. The molecule has 0 aromatic heterocycles. The molecule has 0 atom stereocenters. The van der Waals surface area contributed by atoms with Crippen LogP contribution in [0.5, 0.6) is 0 Å². The second-order valence-corrected chi connectivity index (χ2v) is 7.70. The van der Waals surface area contributed by atoms with Crippen molar-refractivity contribution in [3.05, 3.63) is 63.6 Å². The summed E-state index contributed by atoms with van der Waals surface area (Å²) in [6.45, 7) is 3.71. The van der Waals surface area contributed by atoms with Crippen LogP contribution in [0.3, 0.4) is 0 Å². The number of anilines is 1. The fourth-order valence-corrected chi connectivity index (χ4v) is 3.52. The molecule has 0 unspecified atom stereocenters. The Morgan fingerprint density at radius 3 is 2.28 bits per heavy atom. The van der Waals surface area contributed by atoms with Crippen LogP contribution in [0, 0.1) is 0 Å². The van der Waals surface area contributed by atoms with Crippen LogP contribution in [0.4, 0.5) is 18.9 Å². The maximum Gasteiger partial charge on any atom is 0.416 e. The van der Waals surface area contributed by atoms with Crippen LogP contribution in [-0.4, -0.2) is 48.4 Å². The van der Waals surface area contributed by atoms with Crippen molar-refractivity contribution in [2.75, 3.05) is 38.0 Å². The lowest BCUT2D eigenvalue weighted by atomic mass is 10.2. The van der Waals surface area contributed by atoms with E-state index in [4.69, 9.17) is 23.2 Å². The predicted molar refractivity (Wildman–Crippen MR) is 108 cm³/mol. The van der Waals surface area contributed by atoms with Gasteiger partial charge >= 0.3 is 6.18 Å². The van der Waals surface area contributed by atoms with Crippen molar-refractivity contribution in [1.82, 2.24) is 9.80 Å². The van der Waals surface area contributed by atoms with Gasteiger partial charge in [0.1, 0.15) is 0 Å². The highest BCUT2D eigenvalue weighted by molar-refractivity contribution is 6.33. The molecule has 156 valence electrons. The van der Waals surface area contributed by atoms with Gasteiger partial charge < -0.3 is 5.32 Å². The third kappa shape index (κ3) is 6.09. The van der Waals surface area contributed by atoms with Gasteiger partial charge in [-0.05, 0) is 29.8 Å². The van der Waals surface area contributed by atoms with Crippen LogP contribution in [0.2, 0.25) is 10.0 Å². The Labute approximate surface area is 177 Å². The fourth-order valence-electron chi connectivity index (χ4n) is 3.16. The SMILES string of the molecule is O=C(CN1CCN(Cc2ccccc2Cl)CC1)Nc1cc(C(F)(F)F)ccc1Cl. The summed E-state index contributed by atoms with van der Waals surface area (Å²) in [5, 5.41) is 3.28. The highest BCUT2D eigenvalue weighted by atomic mass is 35.5. The molecule has 0 bridgehead atoms. The number of nitrogens with one attached hydrogen (secondary N) is 1. The lowest BCUT2D eigenvalue weighted by Crippen LogP contribution is -2.48. The van der Waals surface area contributed by atoms with E-state index in [1.807, 2.05) is 29.2 Å². The van der Waals surface area contributed by atoms with Gasteiger partial charge in [-0.2, -0.15) is 13.2 Å². The van der Waals surface area contributed by atoms with Crippen molar-refractivity contribution >= 4 is 34.8 Å². The third-order valence-corrected chi connectivity index (χ3v) is 5.45. The highest BCUT2D eigenvalue weighted by Crippen LogP contribution is 2.33. The standard InChI is InChI=1S/C20H20Cl2F3N3O/c21-16-4-2-1-3-14(16)12-27-7-9-28(10-8-27)13-19(29)26-18-11-15(20(23,24)25)5-6-17(18)22/h1-6,11H,7-10,12-13H2,(H,26,29). The van der Waals surface area contributed by atoms with E-state index in [-0.39, 0.29) is 17.3 Å². The highest BCUT2D eigenvalue weighted by Gasteiger charge is 2.31. The molecule has 1 aliphatic heterocycles. The van der Waals surface area contributed by atoms with E-state index in [1.165, 1.54) is 0 Å². The fraction of sp³-hybridized carbons (Fsp3) is 0.350. The zero-order valence-electron chi connectivity index (χ0n) is 15.5. The summed E-state index contributed by atoms with van der Waals surface area (Å²) >= 11 is 12.1. The van der Waals surface area contributed by atoms with Crippen molar-refractivity contribution < 1.29 is 18.0 Å². The lowest BCUT2D eigenvalue weighted by molar-refractivity contribution is -0.137. The molecule has 1 N–H and O–H groups in total. The first kappa shape index (κ1) is 21.9. The number of rotatable bonds is 5. The van der Waals surface area contributed by atoms with E-state index in [2.05, 4.69) is 10.2 Å². The topological polar surface area (TPSA) is 35.6 Å². The van der Waals surface area contributed by atoms with E-state index in [0.717, 1.165) is 48.4 Å². The van der Waals surface area contributed by atoms with Crippen LogP contribution < -0.4 is 5.32 Å². The Morgan fingerprint density at radius 1 is 0.966 bits per heavy atom. The summed E-state index contributed by atoms with van der Waals surface area (Å²) in [6.07, 6.45) is -4.50. The normalized spacial score (nSPS) is 16.0. The Kier molecular flexibility index (Phi) is 7.05. The number of hydrogen-bond acceptors (Lipinski definition) is 3. The molecule has 0 aliphatic carbocycles. The van der Waals surface area contributed by atoms with E-state index >= 15 is 0 Å². The Hall–Kier alpha value is -1.80. The number of nitrogens with zero attached hydrogens (tertiary/aromatic N) is 2. The molecule has 9 heteroatoms. The van der Waals surface area contributed by atoms with Crippen LogP contribution in [-0.2, 0) is 17.5 Å². The van der Waals surface area contributed by atoms with Crippen molar-refractivity contribution in [2.24, 2.45) is 0 Å². The molecule has 2 aromatic carbocycles.